The van der Waals surface area contributed by atoms with Gasteiger partial charge in [0.2, 0.25) is 0 Å². The maximum Gasteiger partial charge on any atom is 0.408 e. The molecular formula is C13H15NO4. The molecule has 5 heteroatoms. The average molecular weight is 249 g/mol. The number of rotatable bonds is 5. The lowest BCUT2D eigenvalue weighted by Crippen LogP contribution is -2.50. The lowest BCUT2D eigenvalue weighted by atomic mass is 10.0. The topological polar surface area (TPSA) is 75.6 Å². The van der Waals surface area contributed by atoms with Crippen LogP contribution >= 0.6 is 0 Å². The number of carbonyl (C=O) groups excluding carboxylic acids is 1. The van der Waals surface area contributed by atoms with E-state index in [1.165, 1.54) is 6.92 Å². The average Bonchev–Trinajstić information content (AvgIpc) is 2.37. The van der Waals surface area contributed by atoms with E-state index in [0.717, 1.165) is 11.6 Å². The molecule has 0 bridgehead atoms. The van der Waals surface area contributed by atoms with Gasteiger partial charge in [-0.05, 0) is 12.5 Å². The van der Waals surface area contributed by atoms with Crippen LogP contribution in [0.3, 0.4) is 0 Å². The summed E-state index contributed by atoms with van der Waals surface area (Å²) < 4.78 is 4.91. The van der Waals surface area contributed by atoms with Gasteiger partial charge in [0.15, 0.2) is 5.54 Å². The Morgan fingerprint density at radius 1 is 1.44 bits per heavy atom. The van der Waals surface area contributed by atoms with Crippen LogP contribution in [0.1, 0.15) is 12.5 Å². The van der Waals surface area contributed by atoms with E-state index in [1.807, 2.05) is 18.2 Å². The minimum atomic E-state index is -1.53. The second kappa shape index (κ2) is 5.86. The summed E-state index contributed by atoms with van der Waals surface area (Å²) in [6.45, 7) is 4.78. The maximum absolute atomic E-state index is 11.5. The Hall–Kier alpha value is -2.30. The van der Waals surface area contributed by atoms with Crippen LogP contribution < -0.4 is 5.32 Å². The first-order valence-electron chi connectivity index (χ1n) is 5.34. The van der Waals surface area contributed by atoms with Crippen LogP contribution in [0.4, 0.5) is 4.79 Å². The highest BCUT2D eigenvalue weighted by atomic mass is 16.5. The number of alkyl carbamates (subject to hydrolysis) is 1. The second-order valence-corrected chi connectivity index (χ2v) is 3.90. The van der Waals surface area contributed by atoms with E-state index in [9.17, 15) is 9.59 Å². The summed E-state index contributed by atoms with van der Waals surface area (Å²) in [7, 11) is 0. The Morgan fingerprint density at radius 2 is 2.06 bits per heavy atom. The Kier molecular flexibility index (Phi) is 4.48. The normalized spacial score (nSPS) is 13.2. The fourth-order valence-corrected chi connectivity index (χ4v) is 1.16. The van der Waals surface area contributed by atoms with Crippen LogP contribution in [-0.4, -0.2) is 22.7 Å². The van der Waals surface area contributed by atoms with Crippen LogP contribution in [0, 0.1) is 0 Å². The number of hydrogen-bond donors (Lipinski definition) is 2. The molecular weight excluding hydrogens is 234 g/mol. The molecule has 0 unspecified atom stereocenters. The largest absolute Gasteiger partial charge is 0.479 e. The number of amides is 1. The molecule has 96 valence electrons. The van der Waals surface area contributed by atoms with Gasteiger partial charge in [-0.25, -0.2) is 9.59 Å². The number of nitrogens with one attached hydrogen (secondary N) is 1. The third-order valence-electron chi connectivity index (χ3n) is 2.43. The molecule has 18 heavy (non-hydrogen) atoms. The zero-order valence-corrected chi connectivity index (χ0v) is 10.1. The summed E-state index contributed by atoms with van der Waals surface area (Å²) in [5.41, 5.74) is -0.711. The molecule has 5 nitrogen and oxygen atoms in total. The van der Waals surface area contributed by atoms with E-state index < -0.39 is 17.6 Å². The van der Waals surface area contributed by atoms with Gasteiger partial charge in [0.25, 0.3) is 0 Å². The standard InChI is InChI=1S/C13H15NO4/c1-3-13(2,11(15)16)14-12(17)18-9-10-7-5-4-6-8-10/h3-8H,1,9H2,2H3,(H,14,17)(H,15,16)/t13-/m0/s1. The maximum atomic E-state index is 11.5. The number of carboxylic acid groups (broad SMARTS) is 1. The van der Waals surface area contributed by atoms with Gasteiger partial charge in [0.05, 0.1) is 0 Å². The van der Waals surface area contributed by atoms with Crippen molar-refractivity contribution in [2.75, 3.05) is 0 Å². The van der Waals surface area contributed by atoms with E-state index in [4.69, 9.17) is 9.84 Å². The van der Waals surface area contributed by atoms with Crippen LogP contribution in [0.5, 0.6) is 0 Å². The Labute approximate surface area is 105 Å². The van der Waals surface area contributed by atoms with Crippen molar-refractivity contribution in [1.29, 1.82) is 0 Å². The van der Waals surface area contributed by atoms with Crippen LogP contribution in [0.15, 0.2) is 43.0 Å². The number of aliphatic carboxylic acids is 1. The smallest absolute Gasteiger partial charge is 0.408 e. The predicted molar refractivity (Wildman–Crippen MR) is 66.0 cm³/mol. The number of carboxylic acids is 1. The highest BCUT2D eigenvalue weighted by Crippen LogP contribution is 2.07. The van der Waals surface area contributed by atoms with Crippen molar-refractivity contribution in [2.45, 2.75) is 19.1 Å². The minimum absolute atomic E-state index is 0.0829. The molecule has 0 radical (unpaired) electrons. The lowest BCUT2D eigenvalue weighted by molar-refractivity contribution is -0.141. The van der Waals surface area contributed by atoms with Gasteiger partial charge in [-0.2, -0.15) is 0 Å². The fraction of sp³-hybridized carbons (Fsp3) is 0.231. The van der Waals surface area contributed by atoms with Gasteiger partial charge < -0.3 is 15.2 Å². The third-order valence-corrected chi connectivity index (χ3v) is 2.43. The van der Waals surface area contributed by atoms with Gasteiger partial charge >= 0.3 is 12.1 Å². The van der Waals surface area contributed by atoms with E-state index in [-0.39, 0.29) is 6.61 Å². The second-order valence-electron chi connectivity index (χ2n) is 3.90. The monoisotopic (exact) mass is 249 g/mol. The molecule has 0 heterocycles. The van der Waals surface area contributed by atoms with Crippen molar-refractivity contribution in [2.24, 2.45) is 0 Å². The van der Waals surface area contributed by atoms with E-state index >= 15 is 0 Å². The molecule has 2 N–H and O–H groups in total. The van der Waals surface area contributed by atoms with Gasteiger partial charge in [-0.15, -0.1) is 6.58 Å². The summed E-state index contributed by atoms with van der Waals surface area (Å²) in [5, 5.41) is 11.2. The zero-order valence-electron chi connectivity index (χ0n) is 10.1. The summed E-state index contributed by atoms with van der Waals surface area (Å²) in [4.78, 5) is 22.4. The van der Waals surface area contributed by atoms with Gasteiger partial charge in [-0.1, -0.05) is 36.4 Å². The molecule has 0 aliphatic heterocycles. The summed E-state index contributed by atoms with van der Waals surface area (Å²) in [6, 6.07) is 9.10. The van der Waals surface area contributed by atoms with Crippen molar-refractivity contribution in [1.82, 2.24) is 5.32 Å². The lowest BCUT2D eigenvalue weighted by Gasteiger charge is -2.21. The van der Waals surface area contributed by atoms with Crippen LogP contribution in [0.25, 0.3) is 0 Å². The van der Waals surface area contributed by atoms with Gasteiger partial charge in [0, 0.05) is 0 Å². The molecule has 1 aromatic rings. The Bertz CT molecular complexity index is 444. The third kappa shape index (κ3) is 3.62. The first-order chi connectivity index (χ1) is 8.48. The molecule has 0 aliphatic carbocycles. The fourth-order valence-electron chi connectivity index (χ4n) is 1.16. The van der Waals surface area contributed by atoms with E-state index in [2.05, 4.69) is 11.9 Å². The first-order valence-corrected chi connectivity index (χ1v) is 5.34. The molecule has 1 atom stereocenters. The SMILES string of the molecule is C=C[C@](C)(NC(=O)OCc1ccccc1)C(=O)O. The molecule has 0 fully saturated rings. The van der Waals surface area contributed by atoms with Gasteiger partial charge in [-0.3, -0.25) is 0 Å². The molecule has 1 amide bonds. The molecule has 1 aromatic carbocycles. The molecule has 0 spiro atoms. The van der Waals surface area contributed by atoms with Gasteiger partial charge in [0.1, 0.15) is 6.61 Å². The van der Waals surface area contributed by atoms with Crippen molar-refractivity contribution < 1.29 is 19.4 Å². The summed E-state index contributed by atoms with van der Waals surface area (Å²) >= 11 is 0. The number of benzene rings is 1. The van der Waals surface area contributed by atoms with E-state index in [0.29, 0.717) is 0 Å². The predicted octanol–water partition coefficient (Wildman–Crippen LogP) is 1.94. The molecule has 1 rings (SSSR count). The number of hydrogen-bond acceptors (Lipinski definition) is 3. The molecule has 0 aromatic heterocycles. The Morgan fingerprint density at radius 3 is 2.56 bits per heavy atom. The number of carbonyl (C=O) groups is 2. The number of ether oxygens (including phenoxy) is 1. The van der Waals surface area contributed by atoms with Crippen molar-refractivity contribution in [3.63, 3.8) is 0 Å². The first kappa shape index (κ1) is 13.8. The Balaban J connectivity index is 2.52. The van der Waals surface area contributed by atoms with Crippen molar-refractivity contribution >= 4 is 12.1 Å². The molecule has 0 saturated heterocycles. The quantitative estimate of drug-likeness (QED) is 0.782. The minimum Gasteiger partial charge on any atom is -0.479 e. The van der Waals surface area contributed by atoms with E-state index in [1.54, 1.807) is 12.1 Å². The highest BCUT2D eigenvalue weighted by molar-refractivity contribution is 5.86. The van der Waals surface area contributed by atoms with Crippen LogP contribution in [0.2, 0.25) is 0 Å². The van der Waals surface area contributed by atoms with Crippen LogP contribution in [-0.2, 0) is 16.1 Å². The van der Waals surface area contributed by atoms with Crippen molar-refractivity contribution in [3.8, 4) is 0 Å². The summed E-state index contributed by atoms with van der Waals surface area (Å²) in [5.74, 6) is -1.20. The van der Waals surface area contributed by atoms with Crippen molar-refractivity contribution in [3.05, 3.63) is 48.6 Å². The zero-order chi connectivity index (χ0) is 13.6. The highest BCUT2D eigenvalue weighted by Gasteiger charge is 2.31. The molecule has 0 aliphatic rings. The summed E-state index contributed by atoms with van der Waals surface area (Å²) in [6.07, 6.45) is 0.336. The molecule has 0 saturated carbocycles.